The van der Waals surface area contributed by atoms with Crippen LogP contribution in [0.25, 0.3) is 11.4 Å². The Morgan fingerprint density at radius 2 is 1.94 bits per heavy atom. The predicted octanol–water partition coefficient (Wildman–Crippen LogP) is 3.16. The van der Waals surface area contributed by atoms with Gasteiger partial charge in [0.15, 0.2) is 5.82 Å². The summed E-state index contributed by atoms with van der Waals surface area (Å²) >= 11 is 8.93. The fourth-order valence-corrected chi connectivity index (χ4v) is 1.86. The van der Waals surface area contributed by atoms with E-state index < -0.39 is 5.82 Å². The molecule has 1 aromatic carbocycles. The van der Waals surface area contributed by atoms with E-state index in [9.17, 15) is 4.39 Å². The van der Waals surface area contributed by atoms with Gasteiger partial charge in [0.1, 0.15) is 5.82 Å². The first-order valence-electron chi connectivity index (χ1n) is 5.02. The van der Waals surface area contributed by atoms with Crippen LogP contribution in [-0.4, -0.2) is 29.0 Å². The van der Waals surface area contributed by atoms with Crippen molar-refractivity contribution in [3.8, 4) is 11.4 Å². The van der Waals surface area contributed by atoms with Gasteiger partial charge in [-0.3, -0.25) is 0 Å². The van der Waals surface area contributed by atoms with Crippen molar-refractivity contribution in [1.29, 1.82) is 0 Å². The quantitative estimate of drug-likeness (QED) is 0.848. The summed E-state index contributed by atoms with van der Waals surface area (Å²) in [6.07, 6.45) is 0. The Bertz CT molecular complexity index is 591. The summed E-state index contributed by atoms with van der Waals surface area (Å²) in [6, 6.07) is 4.90. The fourth-order valence-electron chi connectivity index (χ4n) is 1.34. The zero-order valence-electron chi connectivity index (χ0n) is 9.65. The standard InChI is InChI=1S/C11H9BrClFN4/c1-18(2)11-16-9(15-10(13)17-11)6-4-3-5-7(12)8(6)14/h3-5H,1-2H3. The molecule has 4 nitrogen and oxygen atoms in total. The van der Waals surface area contributed by atoms with Gasteiger partial charge in [0.2, 0.25) is 11.2 Å². The number of anilines is 1. The molecule has 0 atom stereocenters. The second-order valence-electron chi connectivity index (χ2n) is 3.72. The molecule has 0 bridgehead atoms. The monoisotopic (exact) mass is 330 g/mol. The van der Waals surface area contributed by atoms with Crippen LogP contribution in [0.4, 0.5) is 10.3 Å². The normalized spacial score (nSPS) is 10.5. The summed E-state index contributed by atoms with van der Waals surface area (Å²) in [5, 5.41) is 0.0306. The molecule has 0 aliphatic heterocycles. The first kappa shape index (κ1) is 13.2. The molecule has 7 heteroatoms. The molecule has 2 aromatic rings. The van der Waals surface area contributed by atoms with E-state index in [1.165, 1.54) is 0 Å². The van der Waals surface area contributed by atoms with Crippen LogP contribution in [0.3, 0.4) is 0 Å². The van der Waals surface area contributed by atoms with Crippen molar-refractivity contribution in [3.05, 3.63) is 33.8 Å². The van der Waals surface area contributed by atoms with E-state index in [0.29, 0.717) is 10.4 Å². The second-order valence-corrected chi connectivity index (χ2v) is 4.92. The molecular weight excluding hydrogens is 323 g/mol. The van der Waals surface area contributed by atoms with Crippen LogP contribution in [0.1, 0.15) is 0 Å². The highest BCUT2D eigenvalue weighted by Gasteiger charge is 2.14. The zero-order valence-corrected chi connectivity index (χ0v) is 12.0. The molecule has 0 amide bonds. The summed E-state index contributed by atoms with van der Waals surface area (Å²) in [5.74, 6) is 0.159. The molecule has 0 radical (unpaired) electrons. The average molecular weight is 332 g/mol. The van der Waals surface area contributed by atoms with Gasteiger partial charge in [0, 0.05) is 14.1 Å². The van der Waals surface area contributed by atoms with E-state index >= 15 is 0 Å². The Morgan fingerprint density at radius 1 is 1.22 bits per heavy atom. The highest BCUT2D eigenvalue weighted by molar-refractivity contribution is 9.10. The average Bonchev–Trinajstić information content (AvgIpc) is 2.31. The maximum atomic E-state index is 13.9. The largest absolute Gasteiger partial charge is 0.347 e. The molecule has 0 saturated heterocycles. The second kappa shape index (κ2) is 5.16. The maximum absolute atomic E-state index is 13.9. The van der Waals surface area contributed by atoms with Crippen LogP contribution in [0.5, 0.6) is 0 Å². The van der Waals surface area contributed by atoms with Gasteiger partial charge in [-0.05, 0) is 39.7 Å². The van der Waals surface area contributed by atoms with Crippen LogP contribution < -0.4 is 4.90 Å². The van der Waals surface area contributed by atoms with Gasteiger partial charge in [0.05, 0.1) is 10.0 Å². The van der Waals surface area contributed by atoms with Crippen LogP contribution >= 0.6 is 27.5 Å². The highest BCUT2D eigenvalue weighted by atomic mass is 79.9. The van der Waals surface area contributed by atoms with Gasteiger partial charge in [-0.2, -0.15) is 15.0 Å². The predicted molar refractivity (Wildman–Crippen MR) is 72.3 cm³/mol. The number of benzene rings is 1. The maximum Gasteiger partial charge on any atom is 0.229 e. The van der Waals surface area contributed by atoms with Gasteiger partial charge in [-0.25, -0.2) is 4.39 Å². The minimum atomic E-state index is -0.426. The number of aromatic nitrogens is 3. The van der Waals surface area contributed by atoms with Crippen LogP contribution in [0.15, 0.2) is 22.7 Å². The van der Waals surface area contributed by atoms with Crippen molar-refractivity contribution < 1.29 is 4.39 Å². The Hall–Kier alpha value is -1.27. The van der Waals surface area contributed by atoms with Gasteiger partial charge >= 0.3 is 0 Å². The Balaban J connectivity index is 2.60. The summed E-state index contributed by atoms with van der Waals surface area (Å²) < 4.78 is 14.3. The lowest BCUT2D eigenvalue weighted by Gasteiger charge is -2.11. The Kier molecular flexibility index (Phi) is 3.77. The fraction of sp³-hybridized carbons (Fsp3) is 0.182. The lowest BCUT2D eigenvalue weighted by Crippen LogP contribution is -2.14. The van der Waals surface area contributed by atoms with Crippen molar-refractivity contribution in [2.75, 3.05) is 19.0 Å². The molecule has 1 aromatic heterocycles. The first-order chi connectivity index (χ1) is 8.49. The summed E-state index contributed by atoms with van der Waals surface area (Å²) in [4.78, 5) is 13.7. The van der Waals surface area contributed by atoms with E-state index in [0.717, 1.165) is 0 Å². The van der Waals surface area contributed by atoms with Gasteiger partial charge < -0.3 is 4.90 Å². The van der Waals surface area contributed by atoms with Crippen LogP contribution in [-0.2, 0) is 0 Å². The van der Waals surface area contributed by atoms with E-state index in [2.05, 4.69) is 30.9 Å². The third-order valence-electron chi connectivity index (χ3n) is 2.19. The Labute approximate surface area is 117 Å². The molecule has 0 aliphatic carbocycles. The van der Waals surface area contributed by atoms with Gasteiger partial charge in [-0.1, -0.05) is 6.07 Å². The first-order valence-corrected chi connectivity index (χ1v) is 6.19. The summed E-state index contributed by atoms with van der Waals surface area (Å²) in [6.45, 7) is 0. The molecule has 94 valence electrons. The number of hydrogen-bond acceptors (Lipinski definition) is 4. The zero-order chi connectivity index (χ0) is 13.3. The third-order valence-corrected chi connectivity index (χ3v) is 2.97. The van der Waals surface area contributed by atoms with Crippen LogP contribution in [0, 0.1) is 5.82 Å². The lowest BCUT2D eigenvalue weighted by atomic mass is 10.2. The van der Waals surface area contributed by atoms with Crippen molar-refractivity contribution in [2.24, 2.45) is 0 Å². The Morgan fingerprint density at radius 3 is 2.61 bits per heavy atom. The van der Waals surface area contributed by atoms with Crippen molar-refractivity contribution in [3.63, 3.8) is 0 Å². The van der Waals surface area contributed by atoms with Crippen molar-refractivity contribution >= 4 is 33.5 Å². The van der Waals surface area contributed by atoms with Gasteiger partial charge in [-0.15, -0.1) is 0 Å². The molecule has 0 spiro atoms. The SMILES string of the molecule is CN(C)c1nc(Cl)nc(-c2cccc(Br)c2F)n1. The van der Waals surface area contributed by atoms with Crippen molar-refractivity contribution in [1.82, 2.24) is 15.0 Å². The van der Waals surface area contributed by atoms with E-state index in [1.807, 2.05) is 0 Å². The molecule has 18 heavy (non-hydrogen) atoms. The van der Waals surface area contributed by atoms with Crippen LogP contribution in [0.2, 0.25) is 5.28 Å². The summed E-state index contributed by atoms with van der Waals surface area (Å²) in [7, 11) is 3.54. The molecule has 0 aliphatic rings. The smallest absolute Gasteiger partial charge is 0.229 e. The molecule has 0 N–H and O–H groups in total. The molecule has 0 unspecified atom stereocenters. The lowest BCUT2D eigenvalue weighted by molar-refractivity contribution is 0.623. The molecule has 1 heterocycles. The number of rotatable bonds is 2. The van der Waals surface area contributed by atoms with E-state index in [1.54, 1.807) is 37.2 Å². The molecule has 0 fully saturated rings. The minimum Gasteiger partial charge on any atom is -0.347 e. The van der Waals surface area contributed by atoms with E-state index in [-0.39, 0.29) is 16.7 Å². The number of nitrogens with zero attached hydrogens (tertiary/aromatic N) is 4. The van der Waals surface area contributed by atoms with E-state index in [4.69, 9.17) is 11.6 Å². The van der Waals surface area contributed by atoms with Gasteiger partial charge in [0.25, 0.3) is 0 Å². The topological polar surface area (TPSA) is 41.9 Å². The molecule has 2 rings (SSSR count). The number of halogens is 3. The molecule has 0 saturated carbocycles. The summed E-state index contributed by atoms with van der Waals surface area (Å²) in [5.41, 5.74) is 0.275. The highest BCUT2D eigenvalue weighted by Crippen LogP contribution is 2.26. The van der Waals surface area contributed by atoms with Crippen molar-refractivity contribution in [2.45, 2.75) is 0 Å². The molecular formula is C11H9BrClFN4. The minimum absolute atomic E-state index is 0.0306. The third kappa shape index (κ3) is 2.59. The number of hydrogen-bond donors (Lipinski definition) is 0.